The minimum atomic E-state index is 0.0346. The zero-order chi connectivity index (χ0) is 11.5. The Balaban J connectivity index is 2.10. The van der Waals surface area contributed by atoms with Gasteiger partial charge in [0.25, 0.3) is 0 Å². The Morgan fingerprint density at radius 1 is 1.31 bits per heavy atom. The van der Waals surface area contributed by atoms with Crippen LogP contribution >= 0.6 is 43.2 Å². The van der Waals surface area contributed by atoms with Crippen molar-refractivity contribution in [2.24, 2.45) is 5.73 Å². The largest absolute Gasteiger partial charge is 0.323 e. The number of rotatable bonds is 3. The lowest BCUT2D eigenvalue weighted by molar-refractivity contribution is 0.733. The summed E-state index contributed by atoms with van der Waals surface area (Å²) in [6.45, 7) is 0. The van der Waals surface area contributed by atoms with Crippen molar-refractivity contribution in [3.8, 4) is 0 Å². The molecule has 2 aromatic heterocycles. The molecule has 0 aliphatic heterocycles. The molecule has 0 saturated carbocycles. The highest BCUT2D eigenvalue weighted by Crippen LogP contribution is 2.28. The van der Waals surface area contributed by atoms with E-state index in [0.717, 1.165) is 20.2 Å². The van der Waals surface area contributed by atoms with Crippen molar-refractivity contribution in [1.29, 1.82) is 0 Å². The van der Waals surface area contributed by atoms with Crippen LogP contribution in [0.2, 0.25) is 0 Å². The zero-order valence-corrected chi connectivity index (χ0v) is 12.3. The molecule has 2 N–H and O–H groups in total. The smallest absolute Gasteiger partial charge is 0.0701 e. The molecule has 1 atom stereocenters. The first-order valence-electron chi connectivity index (χ1n) is 4.75. The number of hydrogen-bond acceptors (Lipinski definition) is 3. The van der Waals surface area contributed by atoms with Crippen molar-refractivity contribution in [2.45, 2.75) is 12.5 Å². The monoisotopic (exact) mass is 360 g/mol. The second-order valence-electron chi connectivity index (χ2n) is 3.46. The van der Waals surface area contributed by atoms with Crippen molar-refractivity contribution in [1.82, 2.24) is 4.98 Å². The van der Waals surface area contributed by atoms with Gasteiger partial charge in [0.05, 0.1) is 3.79 Å². The van der Waals surface area contributed by atoms with Crippen LogP contribution in [0.25, 0.3) is 0 Å². The SMILES string of the molecule is NC(Cc1cncc(Br)c1)c1ccc(Br)s1. The van der Waals surface area contributed by atoms with Crippen LogP contribution in [0.5, 0.6) is 0 Å². The summed E-state index contributed by atoms with van der Waals surface area (Å²) in [5.41, 5.74) is 7.28. The number of pyridine rings is 1. The van der Waals surface area contributed by atoms with Gasteiger partial charge in [-0.05, 0) is 62.0 Å². The van der Waals surface area contributed by atoms with Crippen molar-refractivity contribution in [2.75, 3.05) is 0 Å². The van der Waals surface area contributed by atoms with Crippen LogP contribution in [-0.4, -0.2) is 4.98 Å². The second kappa shape index (κ2) is 5.40. The summed E-state index contributed by atoms with van der Waals surface area (Å²) in [6.07, 6.45) is 4.43. The van der Waals surface area contributed by atoms with E-state index in [2.05, 4.69) is 49.0 Å². The summed E-state index contributed by atoms with van der Waals surface area (Å²) >= 11 is 8.52. The molecule has 0 saturated heterocycles. The predicted molar refractivity (Wildman–Crippen MR) is 74.6 cm³/mol. The quantitative estimate of drug-likeness (QED) is 0.899. The molecule has 0 aliphatic rings. The molecule has 2 aromatic rings. The minimum absolute atomic E-state index is 0.0346. The third kappa shape index (κ3) is 3.13. The van der Waals surface area contributed by atoms with E-state index in [1.165, 1.54) is 4.88 Å². The van der Waals surface area contributed by atoms with Crippen molar-refractivity contribution >= 4 is 43.2 Å². The van der Waals surface area contributed by atoms with Gasteiger partial charge in [-0.15, -0.1) is 11.3 Å². The Bertz CT molecular complexity index is 484. The lowest BCUT2D eigenvalue weighted by Gasteiger charge is -2.09. The van der Waals surface area contributed by atoms with Gasteiger partial charge >= 0.3 is 0 Å². The first-order chi connectivity index (χ1) is 7.65. The van der Waals surface area contributed by atoms with E-state index in [4.69, 9.17) is 5.73 Å². The van der Waals surface area contributed by atoms with Gasteiger partial charge in [0.1, 0.15) is 0 Å². The highest BCUT2D eigenvalue weighted by atomic mass is 79.9. The first-order valence-corrected chi connectivity index (χ1v) is 7.15. The second-order valence-corrected chi connectivity index (χ2v) is 6.87. The van der Waals surface area contributed by atoms with E-state index in [-0.39, 0.29) is 6.04 Å². The molecular formula is C11H10Br2N2S. The number of aromatic nitrogens is 1. The maximum absolute atomic E-state index is 6.14. The Hall–Kier alpha value is -0.230. The molecule has 0 amide bonds. The molecule has 0 fully saturated rings. The van der Waals surface area contributed by atoms with E-state index >= 15 is 0 Å². The zero-order valence-electron chi connectivity index (χ0n) is 8.36. The number of hydrogen-bond donors (Lipinski definition) is 1. The lowest BCUT2D eigenvalue weighted by atomic mass is 10.1. The van der Waals surface area contributed by atoms with Gasteiger partial charge < -0.3 is 5.73 Å². The summed E-state index contributed by atoms with van der Waals surface area (Å²) in [5, 5.41) is 0. The Morgan fingerprint density at radius 3 is 2.75 bits per heavy atom. The number of nitrogens with zero attached hydrogens (tertiary/aromatic N) is 1. The first kappa shape index (κ1) is 12.2. The summed E-state index contributed by atoms with van der Waals surface area (Å²) < 4.78 is 2.11. The fourth-order valence-corrected chi connectivity index (χ4v) is 3.29. The molecule has 0 radical (unpaired) electrons. The maximum atomic E-state index is 6.14. The molecule has 84 valence electrons. The molecule has 2 nitrogen and oxygen atoms in total. The fraction of sp³-hybridized carbons (Fsp3) is 0.182. The molecule has 0 aliphatic carbocycles. The molecule has 16 heavy (non-hydrogen) atoms. The third-order valence-corrected chi connectivity index (χ3v) is 4.37. The fourth-order valence-electron chi connectivity index (χ4n) is 1.45. The molecule has 0 spiro atoms. The number of thiophene rings is 1. The van der Waals surface area contributed by atoms with E-state index in [9.17, 15) is 0 Å². The highest BCUT2D eigenvalue weighted by molar-refractivity contribution is 9.11. The highest BCUT2D eigenvalue weighted by Gasteiger charge is 2.09. The summed E-state index contributed by atoms with van der Waals surface area (Å²) in [4.78, 5) is 5.31. The number of nitrogens with two attached hydrogens (primary N) is 1. The molecule has 2 rings (SSSR count). The normalized spacial score (nSPS) is 12.7. The lowest BCUT2D eigenvalue weighted by Crippen LogP contribution is -2.11. The molecule has 5 heteroatoms. The Labute approximate surface area is 115 Å². The van der Waals surface area contributed by atoms with Gasteiger partial charge in [-0.1, -0.05) is 0 Å². The summed E-state index contributed by atoms with van der Waals surface area (Å²) in [6, 6.07) is 6.17. The molecule has 0 bridgehead atoms. The topological polar surface area (TPSA) is 38.9 Å². The van der Waals surface area contributed by atoms with Gasteiger partial charge in [0.2, 0.25) is 0 Å². The molecule has 0 aromatic carbocycles. The van der Waals surface area contributed by atoms with Gasteiger partial charge in [-0.3, -0.25) is 4.98 Å². The Kier molecular flexibility index (Phi) is 4.13. The van der Waals surface area contributed by atoms with E-state index in [0.29, 0.717) is 0 Å². The van der Waals surface area contributed by atoms with Crippen LogP contribution in [0.4, 0.5) is 0 Å². The molecule has 2 heterocycles. The van der Waals surface area contributed by atoms with Crippen molar-refractivity contribution in [3.05, 3.63) is 49.3 Å². The van der Waals surface area contributed by atoms with Crippen LogP contribution in [0.1, 0.15) is 16.5 Å². The van der Waals surface area contributed by atoms with Crippen molar-refractivity contribution < 1.29 is 0 Å². The average Bonchev–Trinajstić information content (AvgIpc) is 2.65. The Morgan fingerprint density at radius 2 is 2.12 bits per heavy atom. The molecular weight excluding hydrogens is 352 g/mol. The average molecular weight is 362 g/mol. The van der Waals surface area contributed by atoms with E-state index in [1.807, 2.05) is 12.3 Å². The van der Waals surface area contributed by atoms with Gasteiger partial charge in [0, 0.05) is 27.8 Å². The maximum Gasteiger partial charge on any atom is 0.0701 e. The van der Waals surface area contributed by atoms with Crippen LogP contribution in [0, 0.1) is 0 Å². The van der Waals surface area contributed by atoms with Crippen LogP contribution in [-0.2, 0) is 6.42 Å². The van der Waals surface area contributed by atoms with E-state index < -0.39 is 0 Å². The predicted octanol–water partition coefficient (Wildman–Crippen LogP) is 3.91. The third-order valence-electron chi connectivity index (χ3n) is 2.18. The summed E-state index contributed by atoms with van der Waals surface area (Å²) in [7, 11) is 0. The van der Waals surface area contributed by atoms with Crippen LogP contribution in [0.15, 0.2) is 38.9 Å². The van der Waals surface area contributed by atoms with Crippen LogP contribution < -0.4 is 5.73 Å². The van der Waals surface area contributed by atoms with Gasteiger partial charge in [0.15, 0.2) is 0 Å². The van der Waals surface area contributed by atoms with Gasteiger partial charge in [-0.25, -0.2) is 0 Å². The minimum Gasteiger partial charge on any atom is -0.323 e. The molecule has 1 unspecified atom stereocenters. The van der Waals surface area contributed by atoms with Crippen molar-refractivity contribution in [3.63, 3.8) is 0 Å². The van der Waals surface area contributed by atoms with Crippen LogP contribution in [0.3, 0.4) is 0 Å². The summed E-state index contributed by atoms with van der Waals surface area (Å²) in [5.74, 6) is 0. The van der Waals surface area contributed by atoms with Gasteiger partial charge in [-0.2, -0.15) is 0 Å². The standard InChI is InChI=1S/C11H10Br2N2S/c12-8-3-7(5-15-6-8)4-9(14)10-1-2-11(13)16-10/h1-3,5-6,9H,4,14H2. The van der Waals surface area contributed by atoms with E-state index in [1.54, 1.807) is 17.5 Å². The number of halogens is 2.